The van der Waals surface area contributed by atoms with Gasteiger partial charge in [0.05, 0.1) is 18.2 Å². The van der Waals surface area contributed by atoms with E-state index in [1.807, 2.05) is 38.1 Å². The molecule has 108 valence electrons. The van der Waals surface area contributed by atoms with Gasteiger partial charge in [0.25, 0.3) is 0 Å². The van der Waals surface area contributed by atoms with Crippen LogP contribution in [0.4, 0.5) is 0 Å². The Labute approximate surface area is 121 Å². The average molecular weight is 284 g/mol. The van der Waals surface area contributed by atoms with Crippen molar-refractivity contribution in [1.82, 2.24) is 9.97 Å². The van der Waals surface area contributed by atoms with E-state index in [0.29, 0.717) is 16.7 Å². The fourth-order valence-electron chi connectivity index (χ4n) is 2.83. The number of hydrogen-bond donors (Lipinski definition) is 3. The van der Waals surface area contributed by atoms with Gasteiger partial charge in [-0.3, -0.25) is 0 Å². The molecule has 0 aliphatic carbocycles. The lowest BCUT2D eigenvalue weighted by Crippen LogP contribution is -2.03. The van der Waals surface area contributed by atoms with Crippen molar-refractivity contribution in [3.05, 3.63) is 41.2 Å². The summed E-state index contributed by atoms with van der Waals surface area (Å²) in [6.07, 6.45) is 0. The summed E-state index contributed by atoms with van der Waals surface area (Å²) in [6.45, 7) is 3.69. The Bertz CT molecular complexity index is 843. The Morgan fingerprint density at radius 2 is 1.81 bits per heavy atom. The summed E-state index contributed by atoms with van der Waals surface area (Å²) in [4.78, 5) is 18.2. The molecule has 5 nitrogen and oxygen atoms in total. The van der Waals surface area contributed by atoms with Crippen LogP contribution in [0, 0.1) is 13.8 Å². The van der Waals surface area contributed by atoms with Gasteiger partial charge in [0, 0.05) is 27.9 Å². The van der Waals surface area contributed by atoms with Gasteiger partial charge in [-0.25, -0.2) is 4.79 Å². The number of aryl methyl sites for hydroxylation is 2. The van der Waals surface area contributed by atoms with Gasteiger partial charge in [-0.1, -0.05) is 18.2 Å². The first-order chi connectivity index (χ1) is 10.0. The number of carbonyl (C=O) groups excluding carboxylic acids is 1. The van der Waals surface area contributed by atoms with Gasteiger partial charge < -0.3 is 19.8 Å². The second-order valence-electron chi connectivity index (χ2n) is 5.01. The van der Waals surface area contributed by atoms with Crippen molar-refractivity contribution in [2.45, 2.75) is 13.8 Å². The molecule has 1 aromatic carbocycles. The summed E-state index contributed by atoms with van der Waals surface area (Å²) < 4.78 is 4.87. The molecule has 0 aliphatic rings. The number of para-hydroxylation sites is 1. The SMILES string of the molecule is COC(=O)c1c(C)[nH]c(C)c1-c1c(O)[nH]c2ccccc12. The minimum absolute atomic E-state index is 0.0449. The Hall–Kier alpha value is -2.69. The van der Waals surface area contributed by atoms with Crippen LogP contribution in [0.5, 0.6) is 5.88 Å². The van der Waals surface area contributed by atoms with Crippen LogP contribution in [0.2, 0.25) is 0 Å². The lowest BCUT2D eigenvalue weighted by Gasteiger charge is -2.05. The predicted molar refractivity (Wildman–Crippen MR) is 80.6 cm³/mol. The smallest absolute Gasteiger partial charge is 0.340 e. The Morgan fingerprint density at radius 3 is 2.52 bits per heavy atom. The Kier molecular flexibility index (Phi) is 2.97. The minimum Gasteiger partial charge on any atom is -0.494 e. The van der Waals surface area contributed by atoms with Gasteiger partial charge in [0.2, 0.25) is 0 Å². The molecule has 3 rings (SSSR count). The Balaban J connectivity index is 2.38. The second kappa shape index (κ2) is 4.70. The highest BCUT2D eigenvalue weighted by molar-refractivity contribution is 6.07. The largest absolute Gasteiger partial charge is 0.494 e. The highest BCUT2D eigenvalue weighted by Crippen LogP contribution is 2.41. The number of hydrogen-bond acceptors (Lipinski definition) is 3. The van der Waals surface area contributed by atoms with E-state index in [4.69, 9.17) is 4.74 Å². The second-order valence-corrected chi connectivity index (χ2v) is 5.01. The number of ether oxygens (including phenoxy) is 1. The number of aromatic nitrogens is 2. The van der Waals surface area contributed by atoms with Crippen molar-refractivity contribution in [3.8, 4) is 17.0 Å². The number of aromatic hydroxyl groups is 1. The molecule has 2 heterocycles. The van der Waals surface area contributed by atoms with Crippen molar-refractivity contribution in [3.63, 3.8) is 0 Å². The molecule has 5 heteroatoms. The van der Waals surface area contributed by atoms with Crippen LogP contribution in [0.3, 0.4) is 0 Å². The van der Waals surface area contributed by atoms with Crippen LogP contribution in [0.15, 0.2) is 24.3 Å². The normalized spacial score (nSPS) is 11.0. The fraction of sp³-hybridized carbons (Fsp3) is 0.188. The third-order valence-electron chi connectivity index (χ3n) is 3.70. The standard InChI is InChI=1S/C16H16N2O3/c1-8-12(13(9(2)17-8)16(20)21-3)14-10-6-4-5-7-11(10)18-15(14)19/h4-7,17-19H,1-3H3. The average Bonchev–Trinajstić information content (AvgIpc) is 2.93. The number of aromatic amines is 2. The van der Waals surface area contributed by atoms with Crippen molar-refractivity contribution < 1.29 is 14.6 Å². The number of esters is 1. The van der Waals surface area contributed by atoms with Crippen LogP contribution >= 0.6 is 0 Å². The maximum Gasteiger partial charge on any atom is 0.340 e. The van der Waals surface area contributed by atoms with Crippen LogP contribution in [0.25, 0.3) is 22.0 Å². The van der Waals surface area contributed by atoms with Gasteiger partial charge >= 0.3 is 5.97 Å². The Morgan fingerprint density at radius 1 is 1.10 bits per heavy atom. The van der Waals surface area contributed by atoms with Gasteiger partial charge in [0.1, 0.15) is 0 Å². The number of benzene rings is 1. The van der Waals surface area contributed by atoms with E-state index in [9.17, 15) is 9.90 Å². The van der Waals surface area contributed by atoms with Gasteiger partial charge in [0.15, 0.2) is 5.88 Å². The van der Waals surface area contributed by atoms with E-state index in [2.05, 4.69) is 9.97 Å². The monoisotopic (exact) mass is 284 g/mol. The minimum atomic E-state index is -0.420. The zero-order valence-corrected chi connectivity index (χ0v) is 12.1. The van der Waals surface area contributed by atoms with E-state index >= 15 is 0 Å². The molecule has 0 amide bonds. The number of H-pyrrole nitrogens is 2. The maximum atomic E-state index is 12.1. The molecule has 3 aromatic rings. The van der Waals surface area contributed by atoms with Crippen LogP contribution in [-0.4, -0.2) is 28.2 Å². The zero-order valence-electron chi connectivity index (χ0n) is 12.1. The summed E-state index contributed by atoms with van der Waals surface area (Å²) in [5.74, 6) is -0.375. The van der Waals surface area contributed by atoms with Crippen LogP contribution in [0.1, 0.15) is 21.7 Å². The van der Waals surface area contributed by atoms with E-state index in [0.717, 1.165) is 22.3 Å². The maximum absolute atomic E-state index is 12.1. The predicted octanol–water partition coefficient (Wildman–Crippen LogP) is 3.27. The first-order valence-corrected chi connectivity index (χ1v) is 6.62. The molecule has 0 saturated heterocycles. The summed E-state index contributed by atoms with van der Waals surface area (Å²) in [7, 11) is 1.35. The molecule has 0 saturated carbocycles. The van der Waals surface area contributed by atoms with Gasteiger partial charge in [-0.15, -0.1) is 0 Å². The molecule has 0 fully saturated rings. The molecule has 0 aliphatic heterocycles. The van der Waals surface area contributed by atoms with E-state index in [1.165, 1.54) is 7.11 Å². The van der Waals surface area contributed by atoms with E-state index in [-0.39, 0.29) is 5.88 Å². The lowest BCUT2D eigenvalue weighted by molar-refractivity contribution is 0.0601. The van der Waals surface area contributed by atoms with Crippen molar-refractivity contribution in [2.24, 2.45) is 0 Å². The van der Waals surface area contributed by atoms with Gasteiger partial charge in [-0.05, 0) is 19.9 Å². The van der Waals surface area contributed by atoms with Crippen molar-refractivity contribution in [2.75, 3.05) is 7.11 Å². The lowest BCUT2D eigenvalue weighted by atomic mass is 9.99. The van der Waals surface area contributed by atoms with Crippen molar-refractivity contribution in [1.29, 1.82) is 0 Å². The number of fused-ring (bicyclic) bond motifs is 1. The fourth-order valence-corrected chi connectivity index (χ4v) is 2.83. The van der Waals surface area contributed by atoms with Crippen molar-refractivity contribution >= 4 is 16.9 Å². The molecule has 0 bridgehead atoms. The first kappa shape index (κ1) is 13.3. The molecular weight excluding hydrogens is 268 g/mol. The number of nitrogens with one attached hydrogen (secondary N) is 2. The van der Waals surface area contributed by atoms with Crippen LogP contribution in [-0.2, 0) is 4.74 Å². The highest BCUT2D eigenvalue weighted by Gasteiger charge is 2.25. The van der Waals surface area contributed by atoms with Gasteiger partial charge in [-0.2, -0.15) is 0 Å². The molecule has 0 spiro atoms. The quantitative estimate of drug-likeness (QED) is 0.632. The molecule has 21 heavy (non-hydrogen) atoms. The summed E-state index contributed by atoms with van der Waals surface area (Å²) >= 11 is 0. The number of carbonyl (C=O) groups is 1. The molecule has 0 atom stereocenters. The molecule has 0 radical (unpaired) electrons. The van der Waals surface area contributed by atoms with E-state index < -0.39 is 5.97 Å². The molecular formula is C16H16N2O3. The third kappa shape index (κ3) is 1.89. The summed E-state index contributed by atoms with van der Waals surface area (Å²) in [5, 5.41) is 11.1. The van der Waals surface area contributed by atoms with E-state index in [1.54, 1.807) is 0 Å². The topological polar surface area (TPSA) is 78.1 Å². The zero-order chi connectivity index (χ0) is 15.1. The summed E-state index contributed by atoms with van der Waals surface area (Å²) in [6, 6.07) is 7.57. The number of rotatable bonds is 2. The third-order valence-corrected chi connectivity index (χ3v) is 3.70. The number of methoxy groups -OCH3 is 1. The molecule has 2 aromatic heterocycles. The molecule has 3 N–H and O–H groups in total. The molecule has 0 unspecified atom stereocenters. The first-order valence-electron chi connectivity index (χ1n) is 6.62. The summed E-state index contributed by atoms with van der Waals surface area (Å²) in [5.41, 5.74) is 4.10. The highest BCUT2D eigenvalue weighted by atomic mass is 16.5. The van der Waals surface area contributed by atoms with Crippen LogP contribution < -0.4 is 0 Å².